The van der Waals surface area contributed by atoms with E-state index in [4.69, 9.17) is 10.5 Å². The first kappa shape index (κ1) is 10.5. The molecular formula is C10H14N3O+. The molecule has 0 unspecified atom stereocenters. The Morgan fingerprint density at radius 2 is 2.00 bits per heavy atom. The molecule has 0 aromatic heterocycles. The second kappa shape index (κ2) is 5.20. The average Bonchev–Trinajstić information content (AvgIpc) is 2.26. The van der Waals surface area contributed by atoms with E-state index in [0.717, 1.165) is 18.7 Å². The number of aliphatic hydroxyl groups is 1. The van der Waals surface area contributed by atoms with Crippen LogP contribution in [0.3, 0.4) is 0 Å². The Morgan fingerprint density at radius 1 is 1.36 bits per heavy atom. The van der Waals surface area contributed by atoms with Crippen molar-refractivity contribution in [3.05, 3.63) is 29.2 Å². The van der Waals surface area contributed by atoms with Gasteiger partial charge >= 0.3 is 5.69 Å². The van der Waals surface area contributed by atoms with Gasteiger partial charge in [-0.25, -0.2) is 0 Å². The minimum atomic E-state index is 0.203. The molecule has 0 saturated heterocycles. The number of benzene rings is 1. The summed E-state index contributed by atoms with van der Waals surface area (Å²) in [5, 5.41) is 17.2. The molecule has 0 heterocycles. The van der Waals surface area contributed by atoms with Crippen LogP contribution in [0, 0.1) is 5.39 Å². The van der Waals surface area contributed by atoms with Crippen molar-refractivity contribution in [1.29, 1.82) is 5.39 Å². The Balaban J connectivity index is 2.63. The van der Waals surface area contributed by atoms with Crippen LogP contribution in [0.5, 0.6) is 0 Å². The third-order valence-corrected chi connectivity index (χ3v) is 2.06. The molecule has 0 saturated carbocycles. The van der Waals surface area contributed by atoms with E-state index in [2.05, 4.69) is 4.98 Å². The third-order valence-electron chi connectivity index (χ3n) is 2.06. The summed E-state index contributed by atoms with van der Waals surface area (Å²) in [4.78, 5) is 5.11. The van der Waals surface area contributed by atoms with Gasteiger partial charge in [0, 0.05) is 38.0 Å². The van der Waals surface area contributed by atoms with E-state index in [0.29, 0.717) is 5.69 Å². The summed E-state index contributed by atoms with van der Waals surface area (Å²) in [6.07, 6.45) is 0.753. The number of nitrogens with zero attached hydrogens (tertiary/aromatic N) is 3. The highest BCUT2D eigenvalue weighted by molar-refractivity contribution is 5.54. The second-order valence-corrected chi connectivity index (χ2v) is 3.12. The maximum atomic E-state index is 8.67. The smallest absolute Gasteiger partial charge is 0.385 e. The van der Waals surface area contributed by atoms with Crippen molar-refractivity contribution in [2.45, 2.75) is 6.42 Å². The number of aliphatic hydroxyl groups excluding tert-OH is 1. The molecule has 0 aliphatic heterocycles. The Morgan fingerprint density at radius 3 is 2.50 bits per heavy atom. The maximum Gasteiger partial charge on any atom is 0.385 e. The van der Waals surface area contributed by atoms with Gasteiger partial charge < -0.3 is 10.0 Å². The summed E-state index contributed by atoms with van der Waals surface area (Å²) in [7, 11) is 1.96. The van der Waals surface area contributed by atoms with Gasteiger partial charge in [0.1, 0.15) is 0 Å². The van der Waals surface area contributed by atoms with Crippen molar-refractivity contribution < 1.29 is 5.11 Å². The average molecular weight is 192 g/mol. The van der Waals surface area contributed by atoms with Gasteiger partial charge in [0.25, 0.3) is 0 Å². The van der Waals surface area contributed by atoms with Gasteiger partial charge in [-0.05, 0) is 18.6 Å². The van der Waals surface area contributed by atoms with Crippen LogP contribution < -0.4 is 4.90 Å². The number of anilines is 1. The van der Waals surface area contributed by atoms with Crippen molar-refractivity contribution in [2.75, 3.05) is 25.1 Å². The van der Waals surface area contributed by atoms with E-state index in [1.54, 1.807) is 12.1 Å². The Bertz CT molecular complexity index is 315. The highest BCUT2D eigenvalue weighted by atomic mass is 16.3. The lowest BCUT2D eigenvalue weighted by molar-refractivity contribution is 0.290. The highest BCUT2D eigenvalue weighted by Gasteiger charge is 2.05. The van der Waals surface area contributed by atoms with Crippen molar-refractivity contribution in [3.8, 4) is 0 Å². The van der Waals surface area contributed by atoms with Gasteiger partial charge in [-0.15, -0.1) is 0 Å². The first-order valence-electron chi connectivity index (χ1n) is 4.55. The van der Waals surface area contributed by atoms with Crippen LogP contribution in [0.4, 0.5) is 11.4 Å². The number of hydrogen-bond acceptors (Lipinski definition) is 3. The van der Waals surface area contributed by atoms with Gasteiger partial charge in [-0.3, -0.25) is 0 Å². The molecule has 74 valence electrons. The fourth-order valence-electron chi connectivity index (χ4n) is 1.21. The van der Waals surface area contributed by atoms with Crippen LogP contribution in [0.2, 0.25) is 0 Å². The number of rotatable bonds is 4. The van der Waals surface area contributed by atoms with Crippen molar-refractivity contribution in [2.24, 2.45) is 0 Å². The molecule has 0 aliphatic rings. The zero-order valence-corrected chi connectivity index (χ0v) is 8.22. The quantitative estimate of drug-likeness (QED) is 0.742. The van der Waals surface area contributed by atoms with Gasteiger partial charge in [0.15, 0.2) is 4.98 Å². The topological polar surface area (TPSA) is 51.6 Å². The summed E-state index contributed by atoms with van der Waals surface area (Å²) in [5.41, 5.74) is 1.59. The molecule has 0 bridgehead atoms. The Kier molecular flexibility index (Phi) is 3.89. The third kappa shape index (κ3) is 2.71. The Hall–Kier alpha value is -1.60. The summed E-state index contributed by atoms with van der Waals surface area (Å²) in [6.45, 7) is 1.01. The van der Waals surface area contributed by atoms with E-state index in [1.165, 1.54) is 0 Å². The molecule has 1 N–H and O–H groups in total. The molecule has 0 amide bonds. The highest BCUT2D eigenvalue weighted by Crippen LogP contribution is 2.18. The van der Waals surface area contributed by atoms with Crippen LogP contribution in [-0.4, -0.2) is 25.3 Å². The first-order valence-corrected chi connectivity index (χ1v) is 4.55. The first-order chi connectivity index (χ1) is 6.77. The fraction of sp³-hybridized carbons (Fsp3) is 0.400. The van der Waals surface area contributed by atoms with Gasteiger partial charge in [0.2, 0.25) is 5.39 Å². The standard InChI is InChI=1S/C10H14N3O/c1-13(7-2-8-14)10-5-3-9(12-11)4-6-10/h3-6,14H,2,7-8H2,1H3/q+1. The molecule has 1 rings (SSSR count). The molecule has 0 spiro atoms. The SMILES string of the molecule is CN(CCCO)c1ccc([N+]#N)cc1. The monoisotopic (exact) mass is 192 g/mol. The zero-order valence-electron chi connectivity index (χ0n) is 8.22. The summed E-state index contributed by atoms with van der Waals surface area (Å²) in [5.74, 6) is 0. The molecular weight excluding hydrogens is 178 g/mol. The van der Waals surface area contributed by atoms with Gasteiger partial charge in [-0.2, -0.15) is 0 Å². The van der Waals surface area contributed by atoms with E-state index in [1.807, 2.05) is 24.1 Å². The van der Waals surface area contributed by atoms with Crippen LogP contribution in [-0.2, 0) is 0 Å². The lowest BCUT2D eigenvalue weighted by Gasteiger charge is -2.17. The maximum absolute atomic E-state index is 8.67. The molecule has 4 nitrogen and oxygen atoms in total. The van der Waals surface area contributed by atoms with Gasteiger partial charge in [0.05, 0.1) is 0 Å². The second-order valence-electron chi connectivity index (χ2n) is 3.12. The van der Waals surface area contributed by atoms with Crippen LogP contribution >= 0.6 is 0 Å². The Labute approximate surface area is 83.4 Å². The van der Waals surface area contributed by atoms with Crippen LogP contribution in [0.25, 0.3) is 4.98 Å². The summed E-state index contributed by atoms with van der Waals surface area (Å²) >= 11 is 0. The lowest BCUT2D eigenvalue weighted by atomic mass is 10.2. The van der Waals surface area contributed by atoms with Gasteiger partial charge in [-0.1, -0.05) is 0 Å². The van der Waals surface area contributed by atoms with Crippen molar-refractivity contribution >= 4 is 11.4 Å². The van der Waals surface area contributed by atoms with E-state index < -0.39 is 0 Å². The van der Waals surface area contributed by atoms with Crippen LogP contribution in [0.1, 0.15) is 6.42 Å². The van der Waals surface area contributed by atoms with Crippen molar-refractivity contribution in [3.63, 3.8) is 0 Å². The predicted molar refractivity (Wildman–Crippen MR) is 56.2 cm³/mol. The molecule has 1 aromatic carbocycles. The van der Waals surface area contributed by atoms with Crippen molar-refractivity contribution in [1.82, 2.24) is 0 Å². The number of hydrogen-bond donors (Lipinski definition) is 1. The number of diazo groups is 1. The molecule has 0 fully saturated rings. The lowest BCUT2D eigenvalue weighted by Crippen LogP contribution is -2.19. The van der Waals surface area contributed by atoms with E-state index >= 15 is 0 Å². The predicted octanol–water partition coefficient (Wildman–Crippen LogP) is 1.99. The molecule has 4 heteroatoms. The zero-order chi connectivity index (χ0) is 10.4. The molecule has 1 aromatic rings. The molecule has 14 heavy (non-hydrogen) atoms. The van der Waals surface area contributed by atoms with E-state index in [-0.39, 0.29) is 6.61 Å². The molecule has 0 atom stereocenters. The van der Waals surface area contributed by atoms with Crippen LogP contribution in [0.15, 0.2) is 24.3 Å². The van der Waals surface area contributed by atoms with E-state index in [9.17, 15) is 0 Å². The summed E-state index contributed by atoms with van der Waals surface area (Å²) < 4.78 is 0. The molecule has 0 aliphatic carbocycles. The minimum Gasteiger partial charge on any atom is -0.396 e. The molecule has 0 radical (unpaired) electrons. The normalized spacial score (nSPS) is 9.50. The largest absolute Gasteiger partial charge is 0.396 e. The minimum absolute atomic E-state index is 0.203. The fourth-order valence-corrected chi connectivity index (χ4v) is 1.21. The summed E-state index contributed by atoms with van der Waals surface area (Å²) in [6, 6.07) is 7.24.